The maximum Gasteiger partial charge on any atom is 0.271 e. The number of likely N-dealkylation sites (tertiary alicyclic amines) is 1. The Morgan fingerprint density at radius 1 is 1.24 bits per heavy atom. The van der Waals surface area contributed by atoms with Gasteiger partial charge in [-0.3, -0.25) is 19.9 Å². The summed E-state index contributed by atoms with van der Waals surface area (Å²) in [5.41, 5.74) is 2.75. The number of benzene rings is 1. The summed E-state index contributed by atoms with van der Waals surface area (Å²) in [6, 6.07) is 6.63. The average Bonchev–Trinajstić information content (AvgIpc) is 3.62. The Hall–Kier alpha value is -2.47. The monoisotopic (exact) mass is 461 g/mol. The minimum absolute atomic E-state index is 0.0255. The van der Waals surface area contributed by atoms with Gasteiger partial charge < -0.3 is 10.0 Å². The first kappa shape index (κ1) is 22.0. The van der Waals surface area contributed by atoms with Gasteiger partial charge in [0, 0.05) is 31.1 Å². The van der Waals surface area contributed by atoms with Crippen molar-refractivity contribution in [3.8, 4) is 5.75 Å². The van der Waals surface area contributed by atoms with Crippen molar-refractivity contribution in [2.75, 3.05) is 20.1 Å². The highest BCUT2D eigenvalue weighted by atomic mass is 16.3. The molecule has 4 fully saturated rings. The van der Waals surface area contributed by atoms with Gasteiger partial charge in [0.2, 0.25) is 0 Å². The number of rotatable bonds is 6. The van der Waals surface area contributed by atoms with E-state index in [2.05, 4.69) is 11.0 Å². The summed E-state index contributed by atoms with van der Waals surface area (Å²) < 4.78 is 0. The number of phenolic OH excluding ortho intramolecular Hbond substituents is 1. The smallest absolute Gasteiger partial charge is 0.271 e. The number of hydrogen-bond acceptors (Lipinski definition) is 5. The molecule has 34 heavy (non-hydrogen) atoms. The molecular formula is C28H35N3O3. The van der Waals surface area contributed by atoms with Gasteiger partial charge in [0.05, 0.1) is 0 Å². The van der Waals surface area contributed by atoms with Crippen LogP contribution in [0.3, 0.4) is 0 Å². The Morgan fingerprint density at radius 2 is 2.03 bits per heavy atom. The van der Waals surface area contributed by atoms with E-state index in [4.69, 9.17) is 5.41 Å². The molecule has 1 aliphatic heterocycles. The maximum absolute atomic E-state index is 13.1. The standard InChI is InChI=1S/C28H35N3O3/c1-30(26(34)23(29)3-2-14-32)24-9-11-27-10-8-21(24)28(27)12-13-31(17-18-4-5-18)25(27)15-19-6-7-20(33)16-22(19)28/h2-3,6-7,14,16,18,21,24-25,29,33H,4-5,8-13,15,17H2,1H3/b3-2-,29-23?. The summed E-state index contributed by atoms with van der Waals surface area (Å²) >= 11 is 0. The molecule has 6 nitrogen and oxygen atoms in total. The first-order chi connectivity index (χ1) is 16.4. The topological polar surface area (TPSA) is 84.7 Å². The predicted molar refractivity (Wildman–Crippen MR) is 130 cm³/mol. The molecule has 0 spiro atoms. The summed E-state index contributed by atoms with van der Waals surface area (Å²) in [5.74, 6) is 1.22. The molecule has 5 unspecified atom stereocenters. The van der Waals surface area contributed by atoms with Gasteiger partial charge in [-0.25, -0.2) is 0 Å². The molecule has 4 aliphatic carbocycles. The van der Waals surface area contributed by atoms with Crippen LogP contribution in [0, 0.1) is 22.7 Å². The van der Waals surface area contributed by atoms with Gasteiger partial charge >= 0.3 is 0 Å². The highest BCUT2D eigenvalue weighted by Crippen LogP contribution is 2.72. The van der Waals surface area contributed by atoms with E-state index in [-0.39, 0.29) is 28.5 Å². The molecular weight excluding hydrogens is 426 g/mol. The predicted octanol–water partition coefficient (Wildman–Crippen LogP) is 3.46. The molecule has 0 radical (unpaired) electrons. The fourth-order valence-corrected chi connectivity index (χ4v) is 8.77. The lowest BCUT2D eigenvalue weighted by molar-refractivity contribution is -0.134. The molecule has 1 aromatic carbocycles. The Morgan fingerprint density at radius 3 is 2.79 bits per heavy atom. The lowest BCUT2D eigenvalue weighted by atomic mass is 9.43. The minimum atomic E-state index is -0.312. The molecule has 0 aromatic heterocycles. The largest absolute Gasteiger partial charge is 0.508 e. The van der Waals surface area contributed by atoms with Crippen LogP contribution in [0.25, 0.3) is 0 Å². The van der Waals surface area contributed by atoms with Crippen LogP contribution in [0.5, 0.6) is 5.75 Å². The fraction of sp³-hybridized carbons (Fsp3) is 0.607. The van der Waals surface area contributed by atoms with E-state index in [1.54, 1.807) is 4.90 Å². The van der Waals surface area contributed by atoms with Gasteiger partial charge in [0.1, 0.15) is 17.7 Å². The highest BCUT2D eigenvalue weighted by molar-refractivity contribution is 6.42. The van der Waals surface area contributed by atoms with E-state index >= 15 is 0 Å². The Labute approximate surface area is 201 Å². The molecule has 180 valence electrons. The van der Waals surface area contributed by atoms with E-state index in [9.17, 15) is 14.7 Å². The van der Waals surface area contributed by atoms with Gasteiger partial charge in [-0.15, -0.1) is 0 Å². The number of amides is 1. The van der Waals surface area contributed by atoms with Crippen molar-refractivity contribution in [3.05, 3.63) is 41.5 Å². The van der Waals surface area contributed by atoms with Crippen molar-refractivity contribution in [3.63, 3.8) is 0 Å². The van der Waals surface area contributed by atoms with E-state index in [0.717, 1.165) is 44.6 Å². The van der Waals surface area contributed by atoms with Crippen LogP contribution in [0.2, 0.25) is 0 Å². The summed E-state index contributed by atoms with van der Waals surface area (Å²) in [5, 5.41) is 18.7. The number of phenols is 1. The van der Waals surface area contributed by atoms with Gasteiger partial charge in [-0.05, 0) is 111 Å². The molecule has 1 amide bonds. The van der Waals surface area contributed by atoms with Gasteiger partial charge in [-0.1, -0.05) is 6.07 Å². The number of carbonyl (C=O) groups excluding carboxylic acids is 2. The second-order valence-corrected chi connectivity index (χ2v) is 11.5. The number of hydrogen-bond donors (Lipinski definition) is 2. The first-order valence-electron chi connectivity index (χ1n) is 13.0. The Kier molecular flexibility index (Phi) is 5.03. The third-order valence-corrected chi connectivity index (χ3v) is 10.2. The normalized spacial score (nSPS) is 36.1. The van der Waals surface area contributed by atoms with Crippen LogP contribution in [0.15, 0.2) is 30.4 Å². The molecule has 4 bridgehead atoms. The third-order valence-electron chi connectivity index (χ3n) is 10.2. The number of allylic oxidation sites excluding steroid dienone is 1. The highest BCUT2D eigenvalue weighted by Gasteiger charge is 2.71. The van der Waals surface area contributed by atoms with Crippen LogP contribution < -0.4 is 0 Å². The summed E-state index contributed by atoms with van der Waals surface area (Å²) in [6.07, 6.45) is 12.3. The third kappa shape index (κ3) is 2.93. The lowest BCUT2D eigenvalue weighted by Crippen LogP contribution is -2.70. The maximum atomic E-state index is 13.1. The molecule has 1 aromatic rings. The molecule has 6 heteroatoms. The number of nitrogens with one attached hydrogen (secondary N) is 1. The zero-order valence-electron chi connectivity index (χ0n) is 20.0. The SMILES string of the molecule is CN(C(=O)C(=N)/C=C\C=O)C1CCC23CCC1C21CCN(CC2CC2)C3Cc2ccc(O)cc21. The molecule has 3 saturated carbocycles. The first-order valence-corrected chi connectivity index (χ1v) is 13.0. The molecule has 5 atom stereocenters. The van der Waals surface area contributed by atoms with E-state index in [0.29, 0.717) is 24.0 Å². The molecule has 2 N–H and O–H groups in total. The minimum Gasteiger partial charge on any atom is -0.508 e. The number of piperidine rings is 1. The lowest BCUT2D eigenvalue weighted by Gasteiger charge is -2.67. The Balaban J connectivity index is 1.41. The average molecular weight is 462 g/mol. The van der Waals surface area contributed by atoms with Crippen molar-refractivity contribution in [1.82, 2.24) is 9.80 Å². The van der Waals surface area contributed by atoms with Crippen LogP contribution in [0.1, 0.15) is 56.1 Å². The van der Waals surface area contributed by atoms with Gasteiger partial charge in [0.15, 0.2) is 0 Å². The van der Waals surface area contributed by atoms with Crippen LogP contribution in [0.4, 0.5) is 0 Å². The number of carbonyl (C=O) groups is 2. The number of aromatic hydroxyl groups is 1. The van der Waals surface area contributed by atoms with Crippen LogP contribution in [-0.4, -0.2) is 65.0 Å². The van der Waals surface area contributed by atoms with Crippen molar-refractivity contribution in [1.29, 1.82) is 5.41 Å². The summed E-state index contributed by atoms with van der Waals surface area (Å²) in [4.78, 5) is 28.4. The van der Waals surface area contributed by atoms with Gasteiger partial charge in [-0.2, -0.15) is 0 Å². The number of aldehydes is 1. The molecule has 5 aliphatic rings. The second kappa shape index (κ2) is 7.77. The van der Waals surface area contributed by atoms with Crippen molar-refractivity contribution >= 4 is 17.9 Å². The van der Waals surface area contributed by atoms with Crippen molar-refractivity contribution < 1.29 is 14.7 Å². The van der Waals surface area contributed by atoms with E-state index < -0.39 is 0 Å². The summed E-state index contributed by atoms with van der Waals surface area (Å²) in [6.45, 7) is 2.32. The van der Waals surface area contributed by atoms with E-state index in [1.165, 1.54) is 49.1 Å². The zero-order valence-corrected chi connectivity index (χ0v) is 20.0. The fourth-order valence-electron chi connectivity index (χ4n) is 8.77. The quantitative estimate of drug-likeness (QED) is 0.386. The van der Waals surface area contributed by atoms with Crippen LogP contribution >= 0.6 is 0 Å². The molecule has 1 saturated heterocycles. The molecule has 1 heterocycles. The Bertz CT molecular complexity index is 1080. The van der Waals surface area contributed by atoms with Crippen molar-refractivity contribution in [2.45, 2.75) is 68.9 Å². The number of nitrogens with zero attached hydrogens (tertiary/aromatic N) is 2. The van der Waals surface area contributed by atoms with Crippen LogP contribution in [-0.2, 0) is 21.4 Å². The van der Waals surface area contributed by atoms with Gasteiger partial charge in [0.25, 0.3) is 5.91 Å². The summed E-state index contributed by atoms with van der Waals surface area (Å²) in [7, 11) is 1.84. The van der Waals surface area contributed by atoms with E-state index in [1.807, 2.05) is 19.2 Å². The second-order valence-electron chi connectivity index (χ2n) is 11.5. The zero-order chi connectivity index (χ0) is 23.7. The van der Waals surface area contributed by atoms with Crippen molar-refractivity contribution in [2.24, 2.45) is 17.3 Å². The number of fused-ring (bicyclic) bond motifs is 1. The molecule has 6 rings (SSSR count).